The van der Waals surface area contributed by atoms with E-state index >= 15 is 0 Å². The van der Waals surface area contributed by atoms with Crippen molar-refractivity contribution in [1.82, 2.24) is 0 Å². The number of rotatable bonds is 7. The van der Waals surface area contributed by atoms with Crippen LogP contribution in [0.5, 0.6) is 0 Å². The van der Waals surface area contributed by atoms with Crippen molar-refractivity contribution < 1.29 is 0 Å². The molecule has 0 bridgehead atoms. The van der Waals surface area contributed by atoms with E-state index in [1.54, 1.807) is 0 Å². The average molecular weight is 332 g/mol. The van der Waals surface area contributed by atoms with Crippen LogP contribution in [0.15, 0.2) is 59.1 Å². The second-order valence-corrected chi connectivity index (χ2v) is 6.23. The van der Waals surface area contributed by atoms with Gasteiger partial charge in [0.1, 0.15) is 0 Å². The second kappa shape index (κ2) is 8.23. The molecule has 0 aliphatic carbocycles. The van der Waals surface area contributed by atoms with E-state index in [0.717, 1.165) is 23.9 Å². The molecule has 2 rings (SSSR count). The van der Waals surface area contributed by atoms with Crippen LogP contribution < -0.4 is 5.73 Å². The molecule has 0 aliphatic heterocycles. The van der Waals surface area contributed by atoms with Crippen molar-refractivity contribution >= 4 is 15.9 Å². The lowest BCUT2D eigenvalue weighted by Crippen LogP contribution is -2.17. The van der Waals surface area contributed by atoms with Gasteiger partial charge < -0.3 is 5.73 Å². The van der Waals surface area contributed by atoms with Crippen molar-refractivity contribution in [3.05, 3.63) is 70.2 Å². The molecule has 0 saturated carbocycles. The molecule has 0 spiro atoms. The molecule has 0 radical (unpaired) electrons. The third kappa shape index (κ3) is 5.10. The largest absolute Gasteiger partial charge is 0.330 e. The van der Waals surface area contributed by atoms with Crippen LogP contribution in [0.2, 0.25) is 0 Å². The molecule has 1 unspecified atom stereocenters. The molecule has 2 aromatic carbocycles. The van der Waals surface area contributed by atoms with Crippen LogP contribution in [0.1, 0.15) is 24.0 Å². The van der Waals surface area contributed by atoms with Gasteiger partial charge >= 0.3 is 0 Å². The molecule has 1 atom stereocenters. The highest BCUT2D eigenvalue weighted by Gasteiger charge is 2.08. The highest BCUT2D eigenvalue weighted by Crippen LogP contribution is 2.17. The van der Waals surface area contributed by atoms with E-state index in [1.807, 2.05) is 0 Å². The molecule has 0 saturated heterocycles. The zero-order valence-corrected chi connectivity index (χ0v) is 13.4. The summed E-state index contributed by atoms with van der Waals surface area (Å²) in [5.74, 6) is 0.583. The summed E-state index contributed by atoms with van der Waals surface area (Å²) in [6, 6.07) is 19.3. The van der Waals surface area contributed by atoms with E-state index in [1.165, 1.54) is 24.0 Å². The van der Waals surface area contributed by atoms with Gasteiger partial charge in [-0.2, -0.15) is 0 Å². The van der Waals surface area contributed by atoms with E-state index in [0.29, 0.717) is 5.92 Å². The molecular weight excluding hydrogens is 310 g/mol. The maximum Gasteiger partial charge on any atom is 0.0175 e. The van der Waals surface area contributed by atoms with Gasteiger partial charge in [-0.3, -0.25) is 0 Å². The SMILES string of the molecule is NCC(CCCc1ccccc1)Cc1ccc(Br)cc1. The normalized spacial score (nSPS) is 12.3. The Hall–Kier alpha value is -1.12. The van der Waals surface area contributed by atoms with E-state index in [-0.39, 0.29) is 0 Å². The molecule has 106 valence electrons. The van der Waals surface area contributed by atoms with Crippen molar-refractivity contribution in [2.24, 2.45) is 11.7 Å². The lowest BCUT2D eigenvalue weighted by Gasteiger charge is -2.14. The first-order chi connectivity index (χ1) is 9.78. The van der Waals surface area contributed by atoms with E-state index in [4.69, 9.17) is 5.73 Å². The molecule has 0 aromatic heterocycles. The van der Waals surface area contributed by atoms with Crippen LogP contribution in [0.3, 0.4) is 0 Å². The zero-order chi connectivity index (χ0) is 14.2. The topological polar surface area (TPSA) is 26.0 Å². The molecule has 0 heterocycles. The van der Waals surface area contributed by atoms with Gasteiger partial charge in [0.25, 0.3) is 0 Å². The predicted molar refractivity (Wildman–Crippen MR) is 89.8 cm³/mol. The fourth-order valence-corrected chi connectivity index (χ4v) is 2.76. The van der Waals surface area contributed by atoms with Crippen LogP contribution in [0.4, 0.5) is 0 Å². The van der Waals surface area contributed by atoms with Crippen molar-refractivity contribution in [1.29, 1.82) is 0 Å². The summed E-state index contributed by atoms with van der Waals surface area (Å²) in [4.78, 5) is 0. The Morgan fingerprint density at radius 3 is 2.25 bits per heavy atom. The number of benzene rings is 2. The molecule has 0 fully saturated rings. The van der Waals surface area contributed by atoms with Crippen LogP contribution in [0.25, 0.3) is 0 Å². The number of hydrogen-bond donors (Lipinski definition) is 1. The van der Waals surface area contributed by atoms with Crippen molar-refractivity contribution in [3.63, 3.8) is 0 Å². The number of halogens is 1. The monoisotopic (exact) mass is 331 g/mol. The maximum atomic E-state index is 5.92. The van der Waals surface area contributed by atoms with Gasteiger partial charge in [-0.05, 0) is 61.4 Å². The van der Waals surface area contributed by atoms with Gasteiger partial charge in [-0.25, -0.2) is 0 Å². The van der Waals surface area contributed by atoms with Crippen molar-refractivity contribution in [2.75, 3.05) is 6.54 Å². The van der Waals surface area contributed by atoms with Gasteiger partial charge in [0.15, 0.2) is 0 Å². The van der Waals surface area contributed by atoms with Crippen LogP contribution in [-0.2, 0) is 12.8 Å². The van der Waals surface area contributed by atoms with Crippen LogP contribution in [0, 0.1) is 5.92 Å². The summed E-state index contributed by atoms with van der Waals surface area (Å²) in [5, 5.41) is 0. The summed E-state index contributed by atoms with van der Waals surface area (Å²) in [6.45, 7) is 0.769. The summed E-state index contributed by atoms with van der Waals surface area (Å²) in [7, 11) is 0. The maximum absolute atomic E-state index is 5.92. The Morgan fingerprint density at radius 2 is 1.60 bits per heavy atom. The highest BCUT2D eigenvalue weighted by atomic mass is 79.9. The van der Waals surface area contributed by atoms with E-state index in [9.17, 15) is 0 Å². The summed E-state index contributed by atoms with van der Waals surface area (Å²) in [6.07, 6.45) is 4.64. The Bertz CT molecular complexity index is 493. The minimum Gasteiger partial charge on any atom is -0.330 e. The summed E-state index contributed by atoms with van der Waals surface area (Å²) < 4.78 is 1.13. The zero-order valence-electron chi connectivity index (χ0n) is 11.8. The lowest BCUT2D eigenvalue weighted by atomic mass is 9.93. The number of nitrogens with two attached hydrogens (primary N) is 1. The van der Waals surface area contributed by atoms with Crippen LogP contribution in [-0.4, -0.2) is 6.54 Å². The quantitative estimate of drug-likeness (QED) is 0.788. The van der Waals surface area contributed by atoms with Gasteiger partial charge in [-0.15, -0.1) is 0 Å². The lowest BCUT2D eigenvalue weighted by molar-refractivity contribution is 0.476. The minimum atomic E-state index is 0.583. The fraction of sp³-hybridized carbons (Fsp3) is 0.333. The first kappa shape index (κ1) is 15.3. The van der Waals surface area contributed by atoms with Gasteiger partial charge in [0, 0.05) is 4.47 Å². The Kier molecular flexibility index (Phi) is 6.28. The summed E-state index contributed by atoms with van der Waals surface area (Å²) in [5.41, 5.74) is 8.72. The molecule has 20 heavy (non-hydrogen) atoms. The molecule has 2 aromatic rings. The first-order valence-corrected chi connectivity index (χ1v) is 8.05. The Labute approximate surface area is 130 Å². The van der Waals surface area contributed by atoms with Gasteiger partial charge in [0.05, 0.1) is 0 Å². The van der Waals surface area contributed by atoms with E-state index in [2.05, 4.69) is 70.5 Å². The number of aryl methyl sites for hydroxylation is 1. The highest BCUT2D eigenvalue weighted by molar-refractivity contribution is 9.10. The predicted octanol–water partition coefficient (Wildman–Crippen LogP) is 4.59. The molecule has 1 nitrogen and oxygen atoms in total. The summed E-state index contributed by atoms with van der Waals surface area (Å²) >= 11 is 3.47. The first-order valence-electron chi connectivity index (χ1n) is 7.26. The average Bonchev–Trinajstić information content (AvgIpc) is 2.49. The molecule has 2 heteroatoms. The molecule has 0 aliphatic rings. The van der Waals surface area contributed by atoms with Crippen molar-refractivity contribution in [3.8, 4) is 0 Å². The van der Waals surface area contributed by atoms with E-state index < -0.39 is 0 Å². The Balaban J connectivity index is 1.79. The fourth-order valence-electron chi connectivity index (χ4n) is 2.50. The molecule has 0 amide bonds. The van der Waals surface area contributed by atoms with Crippen molar-refractivity contribution in [2.45, 2.75) is 25.7 Å². The molecule has 2 N–H and O–H groups in total. The van der Waals surface area contributed by atoms with Gasteiger partial charge in [0.2, 0.25) is 0 Å². The third-order valence-corrected chi connectivity index (χ3v) is 4.22. The minimum absolute atomic E-state index is 0.583. The van der Waals surface area contributed by atoms with Gasteiger partial charge in [-0.1, -0.05) is 58.4 Å². The third-order valence-electron chi connectivity index (χ3n) is 3.69. The Morgan fingerprint density at radius 1 is 0.900 bits per heavy atom. The molecular formula is C18H22BrN. The van der Waals surface area contributed by atoms with Crippen LogP contribution >= 0.6 is 15.9 Å². The smallest absolute Gasteiger partial charge is 0.0175 e. The standard InChI is InChI=1S/C18H22BrN/c19-18-11-9-16(10-12-18)13-17(14-20)8-4-7-15-5-2-1-3-6-15/h1-3,5-6,9-12,17H,4,7-8,13-14,20H2. The number of hydrogen-bond acceptors (Lipinski definition) is 1. The second-order valence-electron chi connectivity index (χ2n) is 5.31.